The molecule has 3 heteroatoms. The Hall–Kier alpha value is -2.39. The molecule has 1 unspecified atom stereocenters. The summed E-state index contributed by atoms with van der Waals surface area (Å²) in [5.41, 5.74) is 2.37. The van der Waals surface area contributed by atoms with Crippen molar-refractivity contribution in [3.05, 3.63) is 84.4 Å². The third-order valence-electron chi connectivity index (χ3n) is 4.10. The predicted molar refractivity (Wildman–Crippen MR) is 102 cm³/mol. The molecule has 0 aliphatic heterocycles. The van der Waals surface area contributed by atoms with Crippen molar-refractivity contribution < 1.29 is 9.53 Å². The second kappa shape index (κ2) is 10.5. The van der Waals surface area contributed by atoms with E-state index in [4.69, 9.17) is 4.74 Å². The van der Waals surface area contributed by atoms with Crippen molar-refractivity contribution in [3.63, 3.8) is 0 Å². The van der Waals surface area contributed by atoms with Crippen LogP contribution in [0.25, 0.3) is 0 Å². The molecule has 0 saturated carbocycles. The first kappa shape index (κ1) is 18.9. The minimum absolute atomic E-state index is 0.156. The Morgan fingerprint density at radius 1 is 1.04 bits per heavy atom. The third kappa shape index (κ3) is 6.20. The fourth-order valence-electron chi connectivity index (χ4n) is 2.88. The van der Waals surface area contributed by atoms with Gasteiger partial charge in [-0.1, -0.05) is 66.7 Å². The lowest BCUT2D eigenvalue weighted by Crippen LogP contribution is -2.41. The van der Waals surface area contributed by atoms with Gasteiger partial charge in [0.2, 0.25) is 0 Å². The minimum atomic E-state index is -0.279. The monoisotopic (exact) mass is 337 g/mol. The van der Waals surface area contributed by atoms with E-state index in [1.54, 1.807) is 0 Å². The smallest absolute Gasteiger partial charge is 0.323 e. The van der Waals surface area contributed by atoms with Gasteiger partial charge in [0, 0.05) is 13.1 Å². The van der Waals surface area contributed by atoms with Gasteiger partial charge in [-0.25, -0.2) is 0 Å². The summed E-state index contributed by atoms with van der Waals surface area (Å²) < 4.78 is 5.34. The van der Waals surface area contributed by atoms with Crippen molar-refractivity contribution in [1.29, 1.82) is 0 Å². The van der Waals surface area contributed by atoms with Crippen molar-refractivity contribution in [3.8, 4) is 0 Å². The first-order chi connectivity index (χ1) is 12.2. The molecule has 2 rings (SSSR count). The highest BCUT2D eigenvalue weighted by Crippen LogP contribution is 2.18. The molecule has 2 aromatic rings. The second-order valence-electron chi connectivity index (χ2n) is 6.01. The van der Waals surface area contributed by atoms with Crippen molar-refractivity contribution in [2.24, 2.45) is 0 Å². The molecule has 132 valence electrons. The van der Waals surface area contributed by atoms with Crippen LogP contribution in [0.15, 0.2) is 73.3 Å². The van der Waals surface area contributed by atoms with E-state index in [9.17, 15) is 4.79 Å². The lowest BCUT2D eigenvalue weighted by atomic mass is 10.1. The summed E-state index contributed by atoms with van der Waals surface area (Å²) >= 11 is 0. The maximum absolute atomic E-state index is 12.6. The maximum Gasteiger partial charge on any atom is 0.323 e. The molecule has 0 radical (unpaired) electrons. The van der Waals surface area contributed by atoms with Gasteiger partial charge in [0.1, 0.15) is 6.04 Å². The van der Waals surface area contributed by atoms with Gasteiger partial charge < -0.3 is 4.74 Å². The molecule has 0 aliphatic rings. The van der Waals surface area contributed by atoms with Gasteiger partial charge in [0.25, 0.3) is 0 Å². The number of hydrogen-bond acceptors (Lipinski definition) is 3. The number of rotatable bonds is 10. The van der Waals surface area contributed by atoms with Gasteiger partial charge in [-0.2, -0.15) is 0 Å². The summed E-state index contributed by atoms with van der Waals surface area (Å²) in [5, 5.41) is 0. The van der Waals surface area contributed by atoms with Crippen LogP contribution in [0.4, 0.5) is 0 Å². The van der Waals surface area contributed by atoms with Crippen LogP contribution in [0, 0.1) is 0 Å². The SMILES string of the molecule is C=CCCC(C(=O)OCC)N(Cc1ccccc1)Cc1ccccc1. The summed E-state index contributed by atoms with van der Waals surface area (Å²) in [7, 11) is 0. The Bertz CT molecular complexity index is 598. The van der Waals surface area contributed by atoms with Gasteiger partial charge in [-0.3, -0.25) is 9.69 Å². The number of hydrogen-bond donors (Lipinski definition) is 0. The fourth-order valence-corrected chi connectivity index (χ4v) is 2.88. The highest BCUT2D eigenvalue weighted by molar-refractivity contribution is 5.75. The van der Waals surface area contributed by atoms with Crippen LogP contribution in [0.2, 0.25) is 0 Å². The number of allylic oxidation sites excluding steroid dienone is 1. The standard InChI is InChI=1S/C22H27NO2/c1-3-5-16-21(22(24)25-4-2)23(17-19-12-8-6-9-13-19)18-20-14-10-7-11-15-20/h3,6-15,21H,1,4-5,16-18H2,2H3. The molecular weight excluding hydrogens is 310 g/mol. The first-order valence-corrected chi connectivity index (χ1v) is 8.84. The molecule has 0 aromatic heterocycles. The zero-order chi connectivity index (χ0) is 17.9. The molecule has 0 N–H and O–H groups in total. The number of carbonyl (C=O) groups excluding carboxylic acids is 1. The van der Waals surface area contributed by atoms with E-state index in [1.807, 2.05) is 49.4 Å². The van der Waals surface area contributed by atoms with E-state index < -0.39 is 0 Å². The van der Waals surface area contributed by atoms with Gasteiger partial charge in [-0.05, 0) is 30.9 Å². The molecule has 0 spiro atoms. The summed E-state index contributed by atoms with van der Waals surface area (Å²) in [6.07, 6.45) is 3.35. The van der Waals surface area contributed by atoms with E-state index in [-0.39, 0.29) is 12.0 Å². The number of esters is 1. The van der Waals surface area contributed by atoms with Gasteiger partial charge in [0.15, 0.2) is 0 Å². The topological polar surface area (TPSA) is 29.5 Å². The van der Waals surface area contributed by atoms with Crippen LogP contribution < -0.4 is 0 Å². The zero-order valence-electron chi connectivity index (χ0n) is 14.9. The van der Waals surface area contributed by atoms with Crippen LogP contribution in [0.1, 0.15) is 30.9 Å². The van der Waals surface area contributed by atoms with Crippen LogP contribution in [-0.4, -0.2) is 23.5 Å². The highest BCUT2D eigenvalue weighted by atomic mass is 16.5. The zero-order valence-corrected chi connectivity index (χ0v) is 14.9. The Balaban J connectivity index is 2.24. The largest absolute Gasteiger partial charge is 0.465 e. The van der Waals surface area contributed by atoms with E-state index in [1.165, 1.54) is 11.1 Å². The molecule has 0 aliphatic carbocycles. The molecule has 1 atom stereocenters. The second-order valence-corrected chi connectivity index (χ2v) is 6.01. The summed E-state index contributed by atoms with van der Waals surface area (Å²) in [4.78, 5) is 14.8. The molecule has 0 saturated heterocycles. The summed E-state index contributed by atoms with van der Waals surface area (Å²) in [5.74, 6) is -0.156. The lowest BCUT2D eigenvalue weighted by molar-refractivity contribution is -0.150. The molecule has 3 nitrogen and oxygen atoms in total. The van der Waals surface area contributed by atoms with Crippen LogP contribution in [0.5, 0.6) is 0 Å². The summed E-state index contributed by atoms with van der Waals surface area (Å²) in [6, 6.07) is 20.2. The summed E-state index contributed by atoms with van der Waals surface area (Å²) in [6.45, 7) is 7.45. The van der Waals surface area contributed by atoms with E-state index in [0.717, 1.165) is 6.42 Å². The Kier molecular flexibility index (Phi) is 7.93. The van der Waals surface area contributed by atoms with Crippen LogP contribution in [0.3, 0.4) is 0 Å². The molecule has 0 bridgehead atoms. The Morgan fingerprint density at radius 2 is 1.56 bits per heavy atom. The number of carbonyl (C=O) groups is 1. The minimum Gasteiger partial charge on any atom is -0.465 e. The lowest BCUT2D eigenvalue weighted by Gasteiger charge is -2.30. The number of nitrogens with zero attached hydrogens (tertiary/aromatic N) is 1. The van der Waals surface area contributed by atoms with Crippen LogP contribution >= 0.6 is 0 Å². The average molecular weight is 337 g/mol. The van der Waals surface area contributed by atoms with E-state index in [0.29, 0.717) is 26.1 Å². The highest BCUT2D eigenvalue weighted by Gasteiger charge is 2.26. The fraction of sp³-hybridized carbons (Fsp3) is 0.318. The molecule has 0 amide bonds. The third-order valence-corrected chi connectivity index (χ3v) is 4.10. The Labute approximate surface area is 150 Å². The number of ether oxygens (including phenoxy) is 1. The molecule has 2 aromatic carbocycles. The molecule has 25 heavy (non-hydrogen) atoms. The van der Waals surface area contributed by atoms with Gasteiger partial charge in [0.05, 0.1) is 6.61 Å². The molecular formula is C22H27NO2. The maximum atomic E-state index is 12.6. The predicted octanol–water partition coefficient (Wildman–Crippen LogP) is 4.59. The number of benzene rings is 2. The van der Waals surface area contributed by atoms with Crippen molar-refractivity contribution in [2.45, 2.75) is 38.9 Å². The first-order valence-electron chi connectivity index (χ1n) is 8.84. The van der Waals surface area contributed by atoms with E-state index >= 15 is 0 Å². The van der Waals surface area contributed by atoms with Crippen molar-refractivity contribution in [1.82, 2.24) is 4.90 Å². The molecule has 0 heterocycles. The molecule has 0 fully saturated rings. The quantitative estimate of drug-likeness (QED) is 0.469. The van der Waals surface area contributed by atoms with Crippen LogP contribution in [-0.2, 0) is 22.6 Å². The average Bonchev–Trinajstić information content (AvgIpc) is 2.64. The van der Waals surface area contributed by atoms with E-state index in [2.05, 4.69) is 35.7 Å². The van der Waals surface area contributed by atoms with Gasteiger partial charge >= 0.3 is 5.97 Å². The normalized spacial score (nSPS) is 11.9. The Morgan fingerprint density at radius 3 is 2.00 bits per heavy atom. The van der Waals surface area contributed by atoms with Gasteiger partial charge in [-0.15, -0.1) is 6.58 Å². The van der Waals surface area contributed by atoms with Crippen molar-refractivity contribution >= 4 is 5.97 Å². The van der Waals surface area contributed by atoms with Crippen molar-refractivity contribution in [2.75, 3.05) is 6.61 Å².